The number of hydrogen-bond acceptors (Lipinski definition) is 6. The predicted octanol–water partition coefficient (Wildman–Crippen LogP) is 0.495. The van der Waals surface area contributed by atoms with Gasteiger partial charge in [0.05, 0.1) is 30.3 Å². The molecular formula is C21H34IN5O3S. The standard InChI is InChI=1S/C21H33N5O3S.HI/c1-22-21(23-7-8-24-10-13-30(27,28)14-11-24)26-16-19-20(17-26)29-12-9-25(19)15-18-5-3-2-4-6-18;/h2-6,19-20H,7-17H2,1H3,(H,22,23);1H. The van der Waals surface area contributed by atoms with Gasteiger partial charge in [-0.25, -0.2) is 8.42 Å². The highest BCUT2D eigenvalue weighted by molar-refractivity contribution is 14.0. The summed E-state index contributed by atoms with van der Waals surface area (Å²) in [5.41, 5.74) is 1.34. The highest BCUT2D eigenvalue weighted by atomic mass is 127. The molecule has 31 heavy (non-hydrogen) atoms. The number of morpholine rings is 1. The topological polar surface area (TPSA) is 77.5 Å². The van der Waals surface area contributed by atoms with Crippen LogP contribution in [0.5, 0.6) is 0 Å². The molecule has 3 saturated heterocycles. The van der Waals surface area contributed by atoms with E-state index in [1.807, 2.05) is 7.05 Å². The van der Waals surface area contributed by atoms with E-state index in [1.165, 1.54) is 5.56 Å². The van der Waals surface area contributed by atoms with Gasteiger partial charge in [0, 0.05) is 59.4 Å². The van der Waals surface area contributed by atoms with Gasteiger partial charge < -0.3 is 15.0 Å². The van der Waals surface area contributed by atoms with Crippen molar-refractivity contribution >= 4 is 39.8 Å². The number of likely N-dealkylation sites (tertiary alicyclic amines) is 1. The fourth-order valence-corrected chi connectivity index (χ4v) is 5.85. The molecule has 1 N–H and O–H groups in total. The molecule has 0 spiro atoms. The van der Waals surface area contributed by atoms with Crippen LogP contribution >= 0.6 is 24.0 Å². The first-order valence-electron chi connectivity index (χ1n) is 10.8. The summed E-state index contributed by atoms with van der Waals surface area (Å²) >= 11 is 0. The summed E-state index contributed by atoms with van der Waals surface area (Å²) in [5, 5.41) is 3.46. The molecule has 0 radical (unpaired) electrons. The quantitative estimate of drug-likeness (QED) is 0.318. The number of ether oxygens (including phenoxy) is 1. The SMILES string of the molecule is CN=C(NCCN1CCS(=O)(=O)CC1)N1CC2OCCN(Cc3ccccc3)C2C1.I. The summed E-state index contributed by atoms with van der Waals surface area (Å²) in [6.07, 6.45) is 0.202. The summed E-state index contributed by atoms with van der Waals surface area (Å²) in [6, 6.07) is 11.0. The van der Waals surface area contributed by atoms with Crippen molar-refractivity contribution in [3.05, 3.63) is 35.9 Å². The number of hydrogen-bond donors (Lipinski definition) is 1. The number of fused-ring (bicyclic) bond motifs is 1. The number of nitrogens with zero attached hydrogens (tertiary/aromatic N) is 4. The van der Waals surface area contributed by atoms with Crippen LogP contribution in [0.1, 0.15) is 5.56 Å². The van der Waals surface area contributed by atoms with Crippen LogP contribution in [-0.4, -0.2) is 112 Å². The fourth-order valence-electron chi connectivity index (χ4n) is 4.58. The Morgan fingerprint density at radius 2 is 1.90 bits per heavy atom. The van der Waals surface area contributed by atoms with Crippen LogP contribution in [0.15, 0.2) is 35.3 Å². The minimum absolute atomic E-state index is 0. The van der Waals surface area contributed by atoms with Gasteiger partial charge in [0.15, 0.2) is 15.8 Å². The lowest BCUT2D eigenvalue weighted by atomic mass is 10.1. The van der Waals surface area contributed by atoms with Crippen LogP contribution in [0.4, 0.5) is 0 Å². The minimum atomic E-state index is -2.83. The molecule has 0 saturated carbocycles. The zero-order valence-electron chi connectivity index (χ0n) is 18.1. The van der Waals surface area contributed by atoms with Gasteiger partial charge in [0.1, 0.15) is 0 Å². The Labute approximate surface area is 202 Å². The Kier molecular flexibility index (Phi) is 8.97. The third-order valence-corrected chi connectivity index (χ3v) is 7.91. The van der Waals surface area contributed by atoms with E-state index in [1.54, 1.807) is 0 Å². The van der Waals surface area contributed by atoms with Gasteiger partial charge in [-0.3, -0.25) is 14.8 Å². The second kappa shape index (κ2) is 11.3. The average molecular weight is 564 g/mol. The van der Waals surface area contributed by atoms with E-state index in [-0.39, 0.29) is 41.6 Å². The van der Waals surface area contributed by atoms with E-state index in [9.17, 15) is 8.42 Å². The zero-order valence-corrected chi connectivity index (χ0v) is 21.3. The largest absolute Gasteiger partial charge is 0.373 e. The molecule has 10 heteroatoms. The number of benzene rings is 1. The normalized spacial score (nSPS) is 26.9. The van der Waals surface area contributed by atoms with Crippen molar-refractivity contribution in [2.75, 3.05) is 71.0 Å². The Bertz CT molecular complexity index is 825. The Morgan fingerprint density at radius 3 is 2.61 bits per heavy atom. The molecule has 0 amide bonds. The zero-order chi connectivity index (χ0) is 21.0. The van der Waals surface area contributed by atoms with E-state index in [2.05, 4.69) is 55.3 Å². The molecule has 0 bridgehead atoms. The molecule has 3 heterocycles. The maximum atomic E-state index is 11.6. The van der Waals surface area contributed by atoms with Crippen molar-refractivity contribution in [2.45, 2.75) is 18.7 Å². The van der Waals surface area contributed by atoms with Gasteiger partial charge in [-0.1, -0.05) is 30.3 Å². The summed E-state index contributed by atoms with van der Waals surface area (Å²) in [5.74, 6) is 1.44. The molecule has 3 aliphatic rings. The Morgan fingerprint density at radius 1 is 1.16 bits per heavy atom. The molecule has 2 atom stereocenters. The monoisotopic (exact) mass is 563 g/mol. The molecule has 174 valence electrons. The average Bonchev–Trinajstić information content (AvgIpc) is 3.18. The summed E-state index contributed by atoms with van der Waals surface area (Å²) in [4.78, 5) is 11.5. The van der Waals surface area contributed by atoms with Crippen LogP contribution in [0, 0.1) is 0 Å². The molecule has 4 rings (SSSR count). The highest BCUT2D eigenvalue weighted by Crippen LogP contribution is 2.24. The summed E-state index contributed by atoms with van der Waals surface area (Å²) in [6.45, 7) is 7.25. The van der Waals surface area contributed by atoms with Crippen molar-refractivity contribution in [1.29, 1.82) is 0 Å². The van der Waals surface area contributed by atoms with Crippen LogP contribution in [0.3, 0.4) is 0 Å². The predicted molar refractivity (Wildman–Crippen MR) is 134 cm³/mol. The van der Waals surface area contributed by atoms with Crippen LogP contribution < -0.4 is 5.32 Å². The third kappa shape index (κ3) is 6.53. The van der Waals surface area contributed by atoms with Gasteiger partial charge in [-0.15, -0.1) is 24.0 Å². The number of rotatable bonds is 5. The van der Waals surface area contributed by atoms with Crippen LogP contribution in [0.25, 0.3) is 0 Å². The molecule has 8 nitrogen and oxygen atoms in total. The first-order valence-corrected chi connectivity index (χ1v) is 12.6. The van der Waals surface area contributed by atoms with Crippen molar-refractivity contribution in [3.63, 3.8) is 0 Å². The number of aliphatic imine (C=N–C) groups is 1. The first-order chi connectivity index (χ1) is 14.5. The molecule has 3 fully saturated rings. The van der Waals surface area contributed by atoms with E-state index in [4.69, 9.17) is 4.74 Å². The minimum Gasteiger partial charge on any atom is -0.373 e. The smallest absolute Gasteiger partial charge is 0.193 e. The number of guanidine groups is 1. The summed E-state index contributed by atoms with van der Waals surface area (Å²) in [7, 11) is -1.01. The molecule has 1 aromatic rings. The lowest BCUT2D eigenvalue weighted by Gasteiger charge is -2.36. The lowest BCUT2D eigenvalue weighted by molar-refractivity contribution is -0.0502. The molecule has 3 aliphatic heterocycles. The molecule has 2 unspecified atom stereocenters. The maximum Gasteiger partial charge on any atom is 0.193 e. The Balaban J connectivity index is 0.00000272. The molecule has 0 aromatic heterocycles. The van der Waals surface area contributed by atoms with Gasteiger partial charge in [-0.05, 0) is 5.56 Å². The van der Waals surface area contributed by atoms with E-state index in [0.717, 1.165) is 51.8 Å². The van der Waals surface area contributed by atoms with Crippen molar-refractivity contribution in [1.82, 2.24) is 20.0 Å². The van der Waals surface area contributed by atoms with Crippen molar-refractivity contribution < 1.29 is 13.2 Å². The molecule has 1 aromatic carbocycles. The van der Waals surface area contributed by atoms with E-state index in [0.29, 0.717) is 19.1 Å². The van der Waals surface area contributed by atoms with Gasteiger partial charge in [-0.2, -0.15) is 0 Å². The highest BCUT2D eigenvalue weighted by Gasteiger charge is 2.41. The Hall–Kier alpha value is -0.950. The maximum absolute atomic E-state index is 11.6. The second-order valence-corrected chi connectivity index (χ2v) is 10.6. The summed E-state index contributed by atoms with van der Waals surface area (Å²) < 4.78 is 29.2. The van der Waals surface area contributed by atoms with Crippen LogP contribution in [0.2, 0.25) is 0 Å². The number of sulfone groups is 1. The molecular weight excluding hydrogens is 529 g/mol. The fraction of sp³-hybridized carbons (Fsp3) is 0.667. The molecule has 0 aliphatic carbocycles. The van der Waals surface area contributed by atoms with Gasteiger partial charge in [0.2, 0.25) is 0 Å². The van der Waals surface area contributed by atoms with Crippen molar-refractivity contribution in [2.24, 2.45) is 4.99 Å². The van der Waals surface area contributed by atoms with E-state index >= 15 is 0 Å². The van der Waals surface area contributed by atoms with Crippen LogP contribution in [-0.2, 0) is 21.1 Å². The van der Waals surface area contributed by atoms with Gasteiger partial charge >= 0.3 is 0 Å². The first kappa shape index (κ1) is 24.7. The third-order valence-electron chi connectivity index (χ3n) is 6.30. The van der Waals surface area contributed by atoms with E-state index < -0.39 is 9.84 Å². The van der Waals surface area contributed by atoms with Crippen molar-refractivity contribution in [3.8, 4) is 0 Å². The lowest BCUT2D eigenvalue weighted by Crippen LogP contribution is -2.50. The second-order valence-electron chi connectivity index (χ2n) is 8.31. The number of nitrogens with one attached hydrogen (secondary N) is 1. The number of halogens is 1. The van der Waals surface area contributed by atoms with Gasteiger partial charge in [0.25, 0.3) is 0 Å².